The van der Waals surface area contributed by atoms with Crippen molar-refractivity contribution in [3.8, 4) is 11.8 Å². The van der Waals surface area contributed by atoms with E-state index < -0.39 is 38.4 Å². The molecule has 18 heavy (non-hydrogen) atoms. The van der Waals surface area contributed by atoms with Crippen LogP contribution in [0.1, 0.15) is 5.69 Å². The van der Waals surface area contributed by atoms with E-state index in [2.05, 4.69) is 9.72 Å². The molecular formula is C7H5F3N4O3S. The van der Waals surface area contributed by atoms with E-state index >= 15 is 0 Å². The second-order valence-corrected chi connectivity index (χ2v) is 4.42. The zero-order valence-electron chi connectivity index (χ0n) is 8.39. The maximum atomic E-state index is 12.0. The molecule has 7 nitrogen and oxygen atoms in total. The van der Waals surface area contributed by atoms with Gasteiger partial charge in [0.2, 0.25) is 10.0 Å². The third kappa shape index (κ3) is 2.99. The number of ether oxygens (including phenoxy) is 1. The van der Waals surface area contributed by atoms with Crippen LogP contribution in [-0.4, -0.2) is 19.8 Å². The van der Waals surface area contributed by atoms with Crippen LogP contribution in [0.4, 0.5) is 18.9 Å². The summed E-state index contributed by atoms with van der Waals surface area (Å²) in [6, 6.07) is 1.35. The summed E-state index contributed by atoms with van der Waals surface area (Å²) in [5.41, 5.74) is 3.53. The normalized spacial score (nSPS) is 11.9. The van der Waals surface area contributed by atoms with Gasteiger partial charge in [-0.25, -0.2) is 18.5 Å². The third-order valence-corrected chi connectivity index (χ3v) is 2.63. The summed E-state index contributed by atoms with van der Waals surface area (Å²) in [5, 5.41) is 13.3. The van der Waals surface area contributed by atoms with Crippen LogP contribution in [0.5, 0.6) is 5.75 Å². The molecule has 4 N–H and O–H groups in total. The smallest absolute Gasteiger partial charge is 0.402 e. The van der Waals surface area contributed by atoms with Gasteiger partial charge < -0.3 is 10.5 Å². The first-order chi connectivity index (χ1) is 8.06. The second kappa shape index (κ2) is 4.31. The van der Waals surface area contributed by atoms with Gasteiger partial charge in [-0.15, -0.1) is 13.2 Å². The van der Waals surface area contributed by atoms with Crippen molar-refractivity contribution < 1.29 is 26.3 Å². The molecule has 1 aromatic heterocycles. The molecule has 0 fully saturated rings. The van der Waals surface area contributed by atoms with Crippen LogP contribution in [0.25, 0.3) is 0 Å². The van der Waals surface area contributed by atoms with Crippen molar-refractivity contribution in [1.82, 2.24) is 4.98 Å². The van der Waals surface area contributed by atoms with Gasteiger partial charge in [0.1, 0.15) is 11.0 Å². The molecule has 0 spiro atoms. The largest absolute Gasteiger partial charge is 0.573 e. The van der Waals surface area contributed by atoms with E-state index in [4.69, 9.17) is 16.1 Å². The second-order valence-electron chi connectivity index (χ2n) is 2.92. The highest BCUT2D eigenvalue weighted by molar-refractivity contribution is 7.89. The van der Waals surface area contributed by atoms with Gasteiger partial charge in [0.25, 0.3) is 0 Å². The van der Waals surface area contributed by atoms with Gasteiger partial charge in [-0.05, 0) is 0 Å². The Morgan fingerprint density at radius 1 is 1.44 bits per heavy atom. The molecule has 0 atom stereocenters. The highest BCUT2D eigenvalue weighted by atomic mass is 32.2. The number of nitriles is 1. The van der Waals surface area contributed by atoms with E-state index in [-0.39, 0.29) is 0 Å². The molecule has 0 bridgehead atoms. The number of aromatic nitrogens is 1. The number of anilines is 1. The van der Waals surface area contributed by atoms with Crippen LogP contribution in [0, 0.1) is 11.3 Å². The Balaban J connectivity index is 3.51. The topological polar surface area (TPSA) is 132 Å². The standard InChI is InChI=1S/C7H5F3N4O3S/c8-7(9,10)17-4-2-14-3(1-11)6(5(4)12)18(13,15)16/h2H,(H2,12,14)(H2,13,15,16). The molecule has 0 aliphatic rings. The highest BCUT2D eigenvalue weighted by Crippen LogP contribution is 2.33. The fraction of sp³-hybridized carbons (Fsp3) is 0.143. The number of alkyl halides is 3. The summed E-state index contributed by atoms with van der Waals surface area (Å²) in [4.78, 5) is 2.18. The van der Waals surface area contributed by atoms with Crippen LogP contribution in [0.3, 0.4) is 0 Å². The van der Waals surface area contributed by atoms with Crippen LogP contribution in [-0.2, 0) is 10.0 Å². The maximum Gasteiger partial charge on any atom is 0.573 e. The predicted molar refractivity (Wildman–Crippen MR) is 51.4 cm³/mol. The Morgan fingerprint density at radius 2 is 2.00 bits per heavy atom. The Labute approximate surface area is 98.8 Å². The van der Waals surface area contributed by atoms with E-state index in [9.17, 15) is 21.6 Å². The van der Waals surface area contributed by atoms with Crippen molar-refractivity contribution in [3.05, 3.63) is 11.9 Å². The molecule has 1 aromatic rings. The lowest BCUT2D eigenvalue weighted by molar-refractivity contribution is -0.274. The zero-order valence-corrected chi connectivity index (χ0v) is 9.21. The summed E-state index contributed by atoms with van der Waals surface area (Å²) in [6.07, 6.45) is -4.60. The molecule has 0 saturated heterocycles. The van der Waals surface area contributed by atoms with E-state index in [0.29, 0.717) is 6.20 Å². The van der Waals surface area contributed by atoms with Gasteiger partial charge in [0.05, 0.1) is 11.9 Å². The number of nitrogens with zero attached hydrogens (tertiary/aromatic N) is 2. The van der Waals surface area contributed by atoms with Crippen LogP contribution in [0.2, 0.25) is 0 Å². The van der Waals surface area contributed by atoms with Crippen molar-refractivity contribution in [2.75, 3.05) is 5.73 Å². The first kappa shape index (κ1) is 14.0. The number of nitrogens with two attached hydrogens (primary N) is 2. The highest BCUT2D eigenvalue weighted by Gasteiger charge is 2.34. The zero-order chi connectivity index (χ0) is 14.1. The Kier molecular flexibility index (Phi) is 3.36. The Hall–Kier alpha value is -2.06. The predicted octanol–water partition coefficient (Wildman–Crippen LogP) is 0.0815. The number of pyridine rings is 1. The van der Waals surface area contributed by atoms with Gasteiger partial charge in [-0.1, -0.05) is 0 Å². The molecule has 0 radical (unpaired) electrons. The molecule has 0 saturated carbocycles. The molecule has 0 aromatic carbocycles. The lowest BCUT2D eigenvalue weighted by Crippen LogP contribution is -2.21. The number of nitrogen functional groups attached to an aromatic ring is 1. The fourth-order valence-corrected chi connectivity index (χ4v) is 1.84. The van der Waals surface area contributed by atoms with Gasteiger partial charge in [-0.3, -0.25) is 0 Å². The molecule has 1 heterocycles. The SMILES string of the molecule is N#Cc1ncc(OC(F)(F)F)c(N)c1S(N)(=O)=O. The van der Waals surface area contributed by atoms with Crippen molar-refractivity contribution in [3.63, 3.8) is 0 Å². The minimum atomic E-state index is -5.08. The van der Waals surface area contributed by atoms with Crippen molar-refractivity contribution in [1.29, 1.82) is 5.26 Å². The minimum absolute atomic E-state index is 0.482. The summed E-state index contributed by atoms with van der Waals surface area (Å²) >= 11 is 0. The molecule has 11 heteroatoms. The molecule has 1 rings (SSSR count). The summed E-state index contributed by atoms with van der Waals surface area (Å²) < 4.78 is 61.6. The van der Waals surface area contributed by atoms with Crippen LogP contribution < -0.4 is 15.6 Å². The molecule has 0 aliphatic heterocycles. The average Bonchev–Trinajstić information content (AvgIpc) is 2.16. The van der Waals surface area contributed by atoms with Crippen molar-refractivity contribution in [2.24, 2.45) is 5.14 Å². The van der Waals surface area contributed by atoms with Crippen LogP contribution >= 0.6 is 0 Å². The Morgan fingerprint density at radius 3 is 2.39 bits per heavy atom. The number of rotatable bonds is 2. The van der Waals surface area contributed by atoms with Gasteiger partial charge >= 0.3 is 6.36 Å². The number of sulfonamides is 1. The molecule has 98 valence electrons. The van der Waals surface area contributed by atoms with E-state index in [1.165, 1.54) is 6.07 Å². The average molecular weight is 282 g/mol. The third-order valence-electron chi connectivity index (χ3n) is 1.65. The van der Waals surface area contributed by atoms with Crippen LogP contribution in [0.15, 0.2) is 11.1 Å². The number of halogens is 3. The Bertz CT molecular complexity index is 620. The van der Waals surface area contributed by atoms with Crippen molar-refractivity contribution in [2.45, 2.75) is 11.3 Å². The number of hydrogen-bond donors (Lipinski definition) is 2. The monoisotopic (exact) mass is 282 g/mol. The lowest BCUT2D eigenvalue weighted by atomic mass is 10.3. The number of primary sulfonamides is 1. The fourth-order valence-electron chi connectivity index (χ4n) is 1.06. The van der Waals surface area contributed by atoms with E-state index in [0.717, 1.165) is 0 Å². The number of hydrogen-bond acceptors (Lipinski definition) is 6. The molecule has 0 unspecified atom stereocenters. The van der Waals surface area contributed by atoms with Crippen molar-refractivity contribution >= 4 is 15.7 Å². The summed E-state index contributed by atoms with van der Waals surface area (Å²) in [6.45, 7) is 0. The minimum Gasteiger partial charge on any atom is -0.402 e. The van der Waals surface area contributed by atoms with Gasteiger partial charge in [0, 0.05) is 0 Å². The maximum absolute atomic E-state index is 12.0. The van der Waals surface area contributed by atoms with Gasteiger partial charge in [-0.2, -0.15) is 5.26 Å². The molecule has 0 amide bonds. The summed E-state index contributed by atoms with van der Waals surface area (Å²) in [7, 11) is -4.51. The summed E-state index contributed by atoms with van der Waals surface area (Å²) in [5.74, 6) is -1.05. The van der Waals surface area contributed by atoms with Gasteiger partial charge in [0.15, 0.2) is 11.4 Å². The quantitative estimate of drug-likeness (QED) is 0.789. The molecular weight excluding hydrogens is 277 g/mol. The van der Waals surface area contributed by atoms with E-state index in [1.807, 2.05) is 0 Å². The first-order valence-electron chi connectivity index (χ1n) is 4.03. The first-order valence-corrected chi connectivity index (χ1v) is 5.58. The molecule has 0 aliphatic carbocycles. The van der Waals surface area contributed by atoms with E-state index in [1.54, 1.807) is 0 Å². The lowest BCUT2D eigenvalue weighted by Gasteiger charge is -2.13.